The molecule has 18 heavy (non-hydrogen) atoms. The molecule has 1 aromatic carbocycles. The van der Waals surface area contributed by atoms with Crippen LogP contribution in [0.1, 0.15) is 29.2 Å². The summed E-state index contributed by atoms with van der Waals surface area (Å²) in [6.07, 6.45) is 2.55. The van der Waals surface area contributed by atoms with Crippen molar-refractivity contribution in [1.82, 2.24) is 5.32 Å². The molecule has 2 aromatic rings. The molecule has 3 rings (SSSR count). The molecule has 0 amide bonds. The summed E-state index contributed by atoms with van der Waals surface area (Å²) < 4.78 is 0. The van der Waals surface area contributed by atoms with E-state index in [4.69, 9.17) is 0 Å². The third-order valence-corrected chi connectivity index (χ3v) is 5.22. The summed E-state index contributed by atoms with van der Waals surface area (Å²) in [4.78, 5) is 1.55. The summed E-state index contributed by atoms with van der Waals surface area (Å²) in [7, 11) is 2.06. The maximum absolute atomic E-state index is 3.38. The van der Waals surface area contributed by atoms with Crippen LogP contribution in [0.4, 0.5) is 0 Å². The Morgan fingerprint density at radius 3 is 2.56 bits per heavy atom. The van der Waals surface area contributed by atoms with E-state index in [0.717, 1.165) is 12.5 Å². The first-order chi connectivity index (χ1) is 8.84. The van der Waals surface area contributed by atoms with E-state index in [9.17, 15) is 0 Å². The molecule has 0 radical (unpaired) electrons. The minimum Gasteiger partial charge on any atom is -0.319 e. The van der Waals surface area contributed by atoms with E-state index in [1.54, 1.807) is 4.88 Å². The first-order valence-corrected chi connectivity index (χ1v) is 7.45. The Kier molecular flexibility index (Phi) is 3.23. The highest BCUT2D eigenvalue weighted by atomic mass is 32.1. The van der Waals surface area contributed by atoms with Gasteiger partial charge < -0.3 is 5.32 Å². The minimum atomic E-state index is 0.378. The van der Waals surface area contributed by atoms with Gasteiger partial charge in [0.1, 0.15) is 0 Å². The van der Waals surface area contributed by atoms with Gasteiger partial charge in [-0.3, -0.25) is 0 Å². The lowest BCUT2D eigenvalue weighted by molar-refractivity contribution is 0.202. The van der Waals surface area contributed by atoms with E-state index in [1.807, 2.05) is 11.3 Å². The van der Waals surface area contributed by atoms with Crippen molar-refractivity contribution in [3.05, 3.63) is 58.3 Å². The van der Waals surface area contributed by atoms with Crippen molar-refractivity contribution in [3.63, 3.8) is 0 Å². The molecule has 1 aromatic heterocycles. The Balaban J connectivity index is 1.78. The summed E-state index contributed by atoms with van der Waals surface area (Å²) in [6.45, 7) is 1.09. The molecule has 1 fully saturated rings. The molecule has 1 N–H and O–H groups in total. The molecule has 1 aliphatic carbocycles. The summed E-state index contributed by atoms with van der Waals surface area (Å²) in [6, 6.07) is 15.4. The van der Waals surface area contributed by atoms with Gasteiger partial charge in [0, 0.05) is 16.8 Å². The number of hydrogen-bond donors (Lipinski definition) is 1. The molecule has 0 bridgehead atoms. The smallest absolute Gasteiger partial charge is 0.0183 e. The SMILES string of the molecule is CNCC1(c2cccs2)CC(c2ccccc2)C1. The van der Waals surface area contributed by atoms with Crippen LogP contribution in [-0.4, -0.2) is 13.6 Å². The van der Waals surface area contributed by atoms with Gasteiger partial charge in [0.15, 0.2) is 0 Å². The first-order valence-electron chi connectivity index (χ1n) is 6.58. The topological polar surface area (TPSA) is 12.0 Å². The molecule has 1 nitrogen and oxygen atoms in total. The van der Waals surface area contributed by atoms with Crippen molar-refractivity contribution >= 4 is 11.3 Å². The zero-order chi connectivity index (χ0) is 12.4. The van der Waals surface area contributed by atoms with Gasteiger partial charge in [0.05, 0.1) is 0 Å². The Morgan fingerprint density at radius 2 is 1.94 bits per heavy atom. The average molecular weight is 257 g/mol. The number of thiophene rings is 1. The number of nitrogens with one attached hydrogen (secondary N) is 1. The Morgan fingerprint density at radius 1 is 1.17 bits per heavy atom. The van der Waals surface area contributed by atoms with E-state index in [2.05, 4.69) is 60.2 Å². The molecule has 2 heteroatoms. The van der Waals surface area contributed by atoms with Crippen LogP contribution in [0, 0.1) is 0 Å². The van der Waals surface area contributed by atoms with Gasteiger partial charge in [-0.2, -0.15) is 0 Å². The Hall–Kier alpha value is -1.12. The second-order valence-corrected chi connectivity index (χ2v) is 6.25. The molecule has 1 heterocycles. The third-order valence-electron chi connectivity index (χ3n) is 4.10. The zero-order valence-electron chi connectivity index (χ0n) is 10.7. The van der Waals surface area contributed by atoms with Gasteiger partial charge in [0.25, 0.3) is 0 Å². The number of likely N-dealkylation sites (N-methyl/N-ethyl adjacent to an activating group) is 1. The van der Waals surface area contributed by atoms with Crippen molar-refractivity contribution < 1.29 is 0 Å². The van der Waals surface area contributed by atoms with Crippen LogP contribution in [0.15, 0.2) is 47.8 Å². The molecular formula is C16H19NS. The van der Waals surface area contributed by atoms with Crippen LogP contribution in [0.25, 0.3) is 0 Å². The van der Waals surface area contributed by atoms with E-state index in [-0.39, 0.29) is 0 Å². The molecule has 0 saturated heterocycles. The quantitative estimate of drug-likeness (QED) is 0.879. The largest absolute Gasteiger partial charge is 0.319 e. The summed E-state index contributed by atoms with van der Waals surface area (Å²) >= 11 is 1.90. The maximum atomic E-state index is 3.38. The number of hydrogen-bond acceptors (Lipinski definition) is 2. The Labute approximate surface area is 113 Å². The fraction of sp³-hybridized carbons (Fsp3) is 0.375. The lowest BCUT2D eigenvalue weighted by Crippen LogP contribution is -2.46. The van der Waals surface area contributed by atoms with E-state index in [0.29, 0.717) is 5.41 Å². The summed E-state index contributed by atoms with van der Waals surface area (Å²) in [5, 5.41) is 5.57. The zero-order valence-corrected chi connectivity index (χ0v) is 11.5. The summed E-state index contributed by atoms with van der Waals surface area (Å²) in [5.41, 5.74) is 1.88. The highest BCUT2D eigenvalue weighted by Gasteiger charge is 2.45. The average Bonchev–Trinajstić information content (AvgIpc) is 2.88. The van der Waals surface area contributed by atoms with Crippen LogP contribution in [-0.2, 0) is 5.41 Å². The lowest BCUT2D eigenvalue weighted by atomic mass is 9.59. The van der Waals surface area contributed by atoms with Gasteiger partial charge in [0.2, 0.25) is 0 Å². The van der Waals surface area contributed by atoms with Gasteiger partial charge >= 0.3 is 0 Å². The van der Waals surface area contributed by atoms with Crippen LogP contribution < -0.4 is 5.32 Å². The lowest BCUT2D eigenvalue weighted by Gasteiger charge is -2.48. The number of benzene rings is 1. The van der Waals surface area contributed by atoms with Crippen LogP contribution >= 0.6 is 11.3 Å². The minimum absolute atomic E-state index is 0.378. The summed E-state index contributed by atoms with van der Waals surface area (Å²) in [5.74, 6) is 0.738. The monoisotopic (exact) mass is 257 g/mol. The Bertz CT molecular complexity index is 483. The van der Waals surface area contributed by atoms with Crippen LogP contribution in [0.5, 0.6) is 0 Å². The predicted molar refractivity (Wildman–Crippen MR) is 78.3 cm³/mol. The molecule has 0 spiro atoms. The van der Waals surface area contributed by atoms with E-state index in [1.165, 1.54) is 18.4 Å². The molecule has 1 saturated carbocycles. The molecule has 0 aliphatic heterocycles. The molecule has 0 atom stereocenters. The van der Waals surface area contributed by atoms with Gasteiger partial charge in [-0.25, -0.2) is 0 Å². The van der Waals surface area contributed by atoms with E-state index >= 15 is 0 Å². The fourth-order valence-corrected chi connectivity index (χ4v) is 4.15. The molecular weight excluding hydrogens is 238 g/mol. The number of rotatable bonds is 4. The maximum Gasteiger partial charge on any atom is 0.0183 e. The normalized spacial score (nSPS) is 26.8. The van der Waals surface area contributed by atoms with Crippen molar-refractivity contribution in [2.24, 2.45) is 0 Å². The van der Waals surface area contributed by atoms with Crippen LogP contribution in [0.2, 0.25) is 0 Å². The molecule has 1 aliphatic rings. The highest BCUT2D eigenvalue weighted by Crippen LogP contribution is 2.53. The molecule has 94 valence electrons. The first kappa shape index (κ1) is 11.9. The van der Waals surface area contributed by atoms with Gasteiger partial charge in [-0.1, -0.05) is 36.4 Å². The highest BCUT2D eigenvalue weighted by molar-refractivity contribution is 7.10. The second kappa shape index (κ2) is 4.87. The van der Waals surface area contributed by atoms with E-state index < -0.39 is 0 Å². The van der Waals surface area contributed by atoms with Crippen molar-refractivity contribution in [3.8, 4) is 0 Å². The van der Waals surface area contributed by atoms with Crippen molar-refractivity contribution in [2.75, 3.05) is 13.6 Å². The van der Waals surface area contributed by atoms with Crippen molar-refractivity contribution in [1.29, 1.82) is 0 Å². The van der Waals surface area contributed by atoms with Gasteiger partial charge in [-0.15, -0.1) is 11.3 Å². The molecule has 0 unspecified atom stereocenters. The fourth-order valence-electron chi connectivity index (χ4n) is 3.20. The predicted octanol–water partition coefficient (Wildman–Crippen LogP) is 3.78. The third kappa shape index (κ3) is 2.00. The standard InChI is InChI=1S/C16H19NS/c1-17-12-16(15-8-5-9-18-15)10-14(11-16)13-6-3-2-4-7-13/h2-9,14,17H,10-12H2,1H3. The van der Waals surface area contributed by atoms with Crippen molar-refractivity contribution in [2.45, 2.75) is 24.2 Å². The van der Waals surface area contributed by atoms with Crippen LogP contribution in [0.3, 0.4) is 0 Å². The van der Waals surface area contributed by atoms with Gasteiger partial charge in [-0.05, 0) is 42.8 Å². The second-order valence-electron chi connectivity index (χ2n) is 5.30.